The molecule has 9 rings (SSSR count). The Morgan fingerprint density at radius 1 is 0.341 bits per heavy atom. The molecule has 253 valence electrons. The maximum absolute atomic E-state index is 6.98. The summed E-state index contributed by atoms with van der Waals surface area (Å²) in [6, 6.07) is -0.351. The predicted octanol–water partition coefficient (Wildman–Crippen LogP) is -0.585. The van der Waals surface area contributed by atoms with Crippen LogP contribution >= 0.6 is 0 Å². The fraction of sp³-hybridized carbons (Fsp3) is 1.00. The second kappa shape index (κ2) is 12.6. The van der Waals surface area contributed by atoms with Crippen molar-refractivity contribution >= 4 is 0 Å². The van der Waals surface area contributed by atoms with Gasteiger partial charge in [-0.2, -0.15) is 0 Å². The molecule has 44 heavy (non-hydrogen) atoms. The molecule has 19 atom stereocenters. The summed E-state index contributed by atoms with van der Waals surface area (Å²) in [5.74, 6) is 4.57. The van der Waals surface area contributed by atoms with Crippen LogP contribution in [0.3, 0.4) is 0 Å². The van der Waals surface area contributed by atoms with Crippen molar-refractivity contribution in [2.45, 2.75) is 151 Å². The summed E-state index contributed by atoms with van der Waals surface area (Å²) in [5, 5.41) is 33.2. The minimum Gasteiger partial charge on any atom is -0.326 e. The zero-order valence-electron chi connectivity index (χ0n) is 26.2. The number of rotatable bonds is 0. The van der Waals surface area contributed by atoms with E-state index in [1.54, 1.807) is 0 Å². The van der Waals surface area contributed by atoms with Gasteiger partial charge in [-0.25, -0.2) is 0 Å². The quantitative estimate of drug-likeness (QED) is 0.146. The van der Waals surface area contributed by atoms with E-state index >= 15 is 0 Å². The summed E-state index contributed by atoms with van der Waals surface area (Å²) in [6.45, 7) is 0. The maximum atomic E-state index is 6.98. The fourth-order valence-electron chi connectivity index (χ4n) is 12.2. The molecule has 12 heteroatoms. The van der Waals surface area contributed by atoms with E-state index in [2.05, 4.69) is 42.5 Å². The molecule has 14 N–H and O–H groups in total. The van der Waals surface area contributed by atoms with Crippen LogP contribution in [0.2, 0.25) is 0 Å². The van der Waals surface area contributed by atoms with E-state index in [0.717, 1.165) is 6.42 Å². The van der Waals surface area contributed by atoms with Gasteiger partial charge >= 0.3 is 0 Å². The molecule has 5 aliphatic heterocycles. The van der Waals surface area contributed by atoms with Gasteiger partial charge in [0.15, 0.2) is 0 Å². The summed E-state index contributed by atoms with van der Waals surface area (Å²) in [6.07, 6.45) is 19.1. The number of hydrogen-bond donors (Lipinski definition) is 11. The Hall–Kier alpha value is 0.300. The maximum Gasteiger partial charge on any atom is 0.0644 e. The minimum atomic E-state index is -0.167. The van der Waals surface area contributed by atoms with Crippen molar-refractivity contribution in [3.05, 3.63) is 0 Å². The van der Waals surface area contributed by atoms with Gasteiger partial charge in [-0.1, -0.05) is 38.5 Å². The SMILES string of the molecule is NC1CC2C3NC4NC(NC5NC(NC6NC(NC(N3)C2C(N)C1N)C1CCCCC61)C1CCCCC51)C1CCCCC41.[Ag]. The van der Waals surface area contributed by atoms with E-state index in [9.17, 15) is 0 Å². The third-order valence-corrected chi connectivity index (χ3v) is 14.3. The van der Waals surface area contributed by atoms with Crippen molar-refractivity contribution in [3.63, 3.8) is 0 Å². The smallest absolute Gasteiger partial charge is 0.0644 e. The zero-order valence-corrected chi connectivity index (χ0v) is 27.7. The van der Waals surface area contributed by atoms with Crippen LogP contribution in [0.5, 0.6) is 0 Å². The Morgan fingerprint density at radius 2 is 0.614 bits per heavy atom. The Balaban J connectivity index is 0.00000289. The van der Waals surface area contributed by atoms with Gasteiger partial charge in [0.1, 0.15) is 0 Å². The Morgan fingerprint density at radius 3 is 0.932 bits per heavy atom. The molecule has 5 heterocycles. The van der Waals surface area contributed by atoms with Gasteiger partial charge in [0.2, 0.25) is 0 Å². The molecule has 1 radical (unpaired) electrons. The van der Waals surface area contributed by atoms with Gasteiger partial charge in [0.05, 0.1) is 49.3 Å². The molecule has 0 aromatic heterocycles. The monoisotopic (exact) mass is 704 g/mol. The van der Waals surface area contributed by atoms with Gasteiger partial charge < -0.3 is 17.2 Å². The van der Waals surface area contributed by atoms with Crippen molar-refractivity contribution in [2.75, 3.05) is 0 Å². The van der Waals surface area contributed by atoms with E-state index in [-0.39, 0.29) is 71.1 Å². The van der Waals surface area contributed by atoms with Crippen molar-refractivity contribution < 1.29 is 22.4 Å². The predicted molar refractivity (Wildman–Crippen MR) is 167 cm³/mol. The minimum absolute atomic E-state index is 0. The Kier molecular flexibility index (Phi) is 9.06. The number of nitrogens with one attached hydrogen (secondary N) is 8. The van der Waals surface area contributed by atoms with Crippen LogP contribution in [0.15, 0.2) is 0 Å². The van der Waals surface area contributed by atoms with Crippen LogP contribution in [0.1, 0.15) is 83.5 Å². The number of hydrogen-bond acceptors (Lipinski definition) is 11. The molecule has 9 aliphatic rings. The summed E-state index contributed by atoms with van der Waals surface area (Å²) in [4.78, 5) is 0. The molecular formula is C32H59AgN11. The van der Waals surface area contributed by atoms with Crippen LogP contribution < -0.4 is 59.7 Å². The van der Waals surface area contributed by atoms with Crippen molar-refractivity contribution in [1.29, 1.82) is 0 Å². The average molecular weight is 706 g/mol. The first-order valence-electron chi connectivity index (χ1n) is 18.4. The largest absolute Gasteiger partial charge is 0.326 e. The van der Waals surface area contributed by atoms with Crippen molar-refractivity contribution in [3.8, 4) is 0 Å². The summed E-state index contributed by atoms with van der Waals surface area (Å²) >= 11 is 0. The first-order chi connectivity index (χ1) is 21.0. The topological polar surface area (TPSA) is 174 Å². The normalized spacial score (nSPS) is 58.3. The molecule has 0 aromatic rings. The molecule has 4 aliphatic carbocycles. The summed E-state index contributed by atoms with van der Waals surface area (Å²) in [5.41, 5.74) is 20.3. The molecule has 0 aromatic carbocycles. The van der Waals surface area contributed by atoms with Crippen LogP contribution in [-0.2, 0) is 22.4 Å². The van der Waals surface area contributed by atoms with Gasteiger partial charge in [-0.15, -0.1) is 0 Å². The van der Waals surface area contributed by atoms with Crippen LogP contribution in [-0.4, -0.2) is 67.5 Å². The zero-order chi connectivity index (χ0) is 28.8. The second-order valence-electron chi connectivity index (χ2n) is 16.3. The van der Waals surface area contributed by atoms with Gasteiger partial charge in [-0.05, 0) is 86.4 Å². The van der Waals surface area contributed by atoms with Crippen LogP contribution in [0.25, 0.3) is 0 Å². The molecule has 4 saturated carbocycles. The summed E-state index contributed by atoms with van der Waals surface area (Å²) < 4.78 is 0. The third-order valence-electron chi connectivity index (χ3n) is 14.3. The van der Waals surface area contributed by atoms with Crippen LogP contribution in [0.4, 0.5) is 0 Å². The Labute approximate surface area is 279 Å². The fourth-order valence-corrected chi connectivity index (χ4v) is 12.2. The van der Waals surface area contributed by atoms with E-state index < -0.39 is 0 Å². The molecule has 5 saturated heterocycles. The molecule has 9 fully saturated rings. The molecule has 0 spiro atoms. The molecule has 0 amide bonds. The van der Waals surface area contributed by atoms with Crippen LogP contribution in [0, 0.1) is 47.3 Å². The average Bonchev–Trinajstić information content (AvgIpc) is 3.75. The molecule has 19 unspecified atom stereocenters. The van der Waals surface area contributed by atoms with Crippen molar-refractivity contribution in [1.82, 2.24) is 42.5 Å². The first kappa shape index (κ1) is 31.6. The number of fused-ring (bicyclic) bond motifs is 20. The molecular weight excluding hydrogens is 646 g/mol. The van der Waals surface area contributed by atoms with E-state index in [0.29, 0.717) is 66.1 Å². The van der Waals surface area contributed by atoms with E-state index in [1.165, 1.54) is 77.0 Å². The first-order valence-corrected chi connectivity index (χ1v) is 18.4. The molecule has 8 bridgehead atoms. The number of nitrogens with two attached hydrogens (primary N) is 3. The van der Waals surface area contributed by atoms with Crippen molar-refractivity contribution in [2.24, 2.45) is 64.5 Å². The van der Waals surface area contributed by atoms with E-state index in [1.807, 2.05) is 0 Å². The molecule has 11 nitrogen and oxygen atoms in total. The summed E-state index contributed by atoms with van der Waals surface area (Å²) in [7, 11) is 0. The Bertz CT molecular complexity index is 1020. The standard InChI is InChI=1S/C32H59N11.Ag/c33-21-13-20-22(24(35)23(21)34)32-42-30-19-12-6-5-11-18(19)28(40-30)38-26-15-8-2-1-7-14(15)25(36-26)37-27-16-9-3-4-10-17(16)29(39-27)41-31(20)43-32;/h14-32,36-43H,1-13,33-35H2;. The third kappa shape index (κ3) is 5.24. The van der Waals surface area contributed by atoms with Gasteiger partial charge in [-0.3, -0.25) is 42.5 Å². The second-order valence-corrected chi connectivity index (χ2v) is 16.3. The van der Waals surface area contributed by atoms with Gasteiger partial charge in [0, 0.05) is 46.4 Å². The van der Waals surface area contributed by atoms with Gasteiger partial charge in [0.25, 0.3) is 0 Å². The van der Waals surface area contributed by atoms with E-state index in [4.69, 9.17) is 17.2 Å².